The largest absolute Gasteiger partial charge is 0.345 e. The highest BCUT2D eigenvalue weighted by Crippen LogP contribution is 2.37. The maximum absolute atomic E-state index is 15.1. The second kappa shape index (κ2) is 11.2. The van der Waals surface area contributed by atoms with Crippen LogP contribution in [0.4, 0.5) is 17.6 Å². The number of alkyl halides is 2. The van der Waals surface area contributed by atoms with Crippen molar-refractivity contribution in [2.24, 2.45) is 0 Å². The third-order valence-corrected chi connectivity index (χ3v) is 7.50. The summed E-state index contributed by atoms with van der Waals surface area (Å²) in [5.41, 5.74) is 0.827. The SMILES string of the molecule is CC(C)N1CCN([C@H]2CCCC(F)(F)[C@@H]2NC(=O)Cc2cccc(-c3cc(F)cc(F)c3)c2C#N)CC1.[HH]. The number of piperazine rings is 1. The van der Waals surface area contributed by atoms with Gasteiger partial charge in [-0.25, -0.2) is 17.6 Å². The second-order valence-corrected chi connectivity index (χ2v) is 10.2. The molecule has 1 amide bonds. The van der Waals surface area contributed by atoms with Crippen LogP contribution in [0.5, 0.6) is 0 Å². The third-order valence-electron chi connectivity index (χ3n) is 7.50. The Hall–Kier alpha value is -2.96. The fourth-order valence-electron chi connectivity index (χ4n) is 5.56. The summed E-state index contributed by atoms with van der Waals surface area (Å²) >= 11 is 0. The number of hydrogen-bond donors (Lipinski definition) is 1. The molecule has 1 N–H and O–H groups in total. The number of rotatable bonds is 6. The number of benzene rings is 2. The zero-order chi connectivity index (χ0) is 26.7. The van der Waals surface area contributed by atoms with Gasteiger partial charge in [-0.2, -0.15) is 5.26 Å². The van der Waals surface area contributed by atoms with E-state index in [1.54, 1.807) is 12.1 Å². The molecular weight excluding hydrogens is 484 g/mol. The van der Waals surface area contributed by atoms with E-state index in [4.69, 9.17) is 0 Å². The minimum absolute atomic E-state index is 0. The molecule has 5 nitrogen and oxygen atoms in total. The van der Waals surface area contributed by atoms with Crippen molar-refractivity contribution in [2.45, 2.75) is 63.6 Å². The molecular formula is C28H34F4N4O. The molecule has 0 unspecified atom stereocenters. The van der Waals surface area contributed by atoms with Crippen LogP contribution in [0.3, 0.4) is 0 Å². The molecule has 0 aromatic heterocycles. The highest BCUT2D eigenvalue weighted by atomic mass is 19.3. The summed E-state index contributed by atoms with van der Waals surface area (Å²) in [6, 6.07) is 8.22. The minimum Gasteiger partial charge on any atom is -0.345 e. The monoisotopic (exact) mass is 518 g/mol. The fraction of sp³-hybridized carbons (Fsp3) is 0.500. The van der Waals surface area contributed by atoms with Crippen molar-refractivity contribution < 1.29 is 23.8 Å². The molecule has 1 aliphatic carbocycles. The van der Waals surface area contributed by atoms with Crippen LogP contribution in [-0.2, 0) is 11.2 Å². The molecule has 1 aliphatic heterocycles. The molecule has 2 atom stereocenters. The van der Waals surface area contributed by atoms with E-state index in [0.717, 1.165) is 31.3 Å². The number of amides is 1. The van der Waals surface area contributed by atoms with Crippen LogP contribution in [0.25, 0.3) is 11.1 Å². The van der Waals surface area contributed by atoms with Gasteiger partial charge in [0, 0.05) is 52.2 Å². The van der Waals surface area contributed by atoms with Crippen LogP contribution in [0.15, 0.2) is 36.4 Å². The van der Waals surface area contributed by atoms with Crippen LogP contribution >= 0.6 is 0 Å². The molecule has 0 spiro atoms. The van der Waals surface area contributed by atoms with E-state index in [0.29, 0.717) is 37.5 Å². The topological polar surface area (TPSA) is 59.4 Å². The first-order valence-corrected chi connectivity index (χ1v) is 12.7. The summed E-state index contributed by atoms with van der Waals surface area (Å²) in [7, 11) is 0. The predicted octanol–water partition coefficient (Wildman–Crippen LogP) is 4.99. The normalized spacial score (nSPS) is 22.5. The van der Waals surface area contributed by atoms with Gasteiger partial charge in [0.05, 0.1) is 12.0 Å². The van der Waals surface area contributed by atoms with Crippen LogP contribution < -0.4 is 5.32 Å². The molecule has 2 fully saturated rings. The van der Waals surface area contributed by atoms with Crippen molar-refractivity contribution in [3.8, 4) is 17.2 Å². The molecule has 1 saturated heterocycles. The first-order chi connectivity index (χ1) is 17.6. The smallest absolute Gasteiger partial charge is 0.269 e. The molecule has 4 rings (SSSR count). The number of hydrogen-bond acceptors (Lipinski definition) is 4. The number of carbonyl (C=O) groups excluding carboxylic acids is 1. The van der Waals surface area contributed by atoms with Gasteiger partial charge in [0.25, 0.3) is 5.92 Å². The lowest BCUT2D eigenvalue weighted by Crippen LogP contribution is -2.64. The molecule has 200 valence electrons. The molecule has 2 aromatic carbocycles. The van der Waals surface area contributed by atoms with Crippen LogP contribution in [-0.4, -0.2) is 65.9 Å². The van der Waals surface area contributed by atoms with Gasteiger partial charge in [-0.05, 0) is 55.5 Å². The van der Waals surface area contributed by atoms with Crippen molar-refractivity contribution in [1.29, 1.82) is 5.26 Å². The highest BCUT2D eigenvalue weighted by molar-refractivity contribution is 5.82. The van der Waals surface area contributed by atoms with Crippen LogP contribution in [0.2, 0.25) is 0 Å². The van der Waals surface area contributed by atoms with E-state index in [-0.39, 0.29) is 31.0 Å². The third kappa shape index (κ3) is 6.13. The van der Waals surface area contributed by atoms with Gasteiger partial charge in [0.1, 0.15) is 23.7 Å². The Bertz CT molecular complexity index is 1160. The zero-order valence-electron chi connectivity index (χ0n) is 21.1. The summed E-state index contributed by atoms with van der Waals surface area (Å²) in [6.07, 6.45) is 0.380. The quantitative estimate of drug-likeness (QED) is 0.548. The van der Waals surface area contributed by atoms with E-state index < -0.39 is 35.5 Å². The number of carbonyl (C=O) groups is 1. The van der Waals surface area contributed by atoms with E-state index in [9.17, 15) is 18.8 Å². The van der Waals surface area contributed by atoms with Gasteiger partial charge in [-0.1, -0.05) is 18.2 Å². The van der Waals surface area contributed by atoms with Gasteiger partial charge >= 0.3 is 0 Å². The van der Waals surface area contributed by atoms with E-state index in [2.05, 4.69) is 29.0 Å². The summed E-state index contributed by atoms with van der Waals surface area (Å²) in [5.74, 6) is -5.24. The average molecular weight is 519 g/mol. The maximum atomic E-state index is 15.1. The average Bonchev–Trinajstić information content (AvgIpc) is 2.84. The summed E-state index contributed by atoms with van der Waals surface area (Å²) in [4.78, 5) is 17.4. The molecule has 0 radical (unpaired) electrons. The molecule has 2 aromatic rings. The van der Waals surface area contributed by atoms with Gasteiger partial charge in [-0.3, -0.25) is 14.6 Å². The van der Waals surface area contributed by atoms with Crippen molar-refractivity contribution in [2.75, 3.05) is 26.2 Å². The molecule has 9 heteroatoms. The molecule has 37 heavy (non-hydrogen) atoms. The Balaban J connectivity index is 0.00000400. The second-order valence-electron chi connectivity index (χ2n) is 10.2. The zero-order valence-corrected chi connectivity index (χ0v) is 21.1. The van der Waals surface area contributed by atoms with E-state index >= 15 is 8.78 Å². The van der Waals surface area contributed by atoms with Gasteiger partial charge in [0.2, 0.25) is 5.91 Å². The number of halogens is 4. The Morgan fingerprint density at radius 1 is 1.16 bits per heavy atom. The predicted molar refractivity (Wildman–Crippen MR) is 135 cm³/mol. The van der Waals surface area contributed by atoms with Crippen LogP contribution in [0, 0.1) is 23.0 Å². The minimum atomic E-state index is -3.05. The Morgan fingerprint density at radius 3 is 2.46 bits per heavy atom. The van der Waals surface area contributed by atoms with E-state index in [1.165, 1.54) is 6.07 Å². The fourth-order valence-corrected chi connectivity index (χ4v) is 5.56. The van der Waals surface area contributed by atoms with Crippen molar-refractivity contribution >= 4 is 5.91 Å². The number of nitrogens with zero attached hydrogens (tertiary/aromatic N) is 3. The lowest BCUT2D eigenvalue weighted by Gasteiger charge is -2.47. The molecule has 2 aliphatic rings. The summed E-state index contributed by atoms with van der Waals surface area (Å²) in [5, 5.41) is 12.4. The lowest BCUT2D eigenvalue weighted by atomic mass is 9.85. The summed E-state index contributed by atoms with van der Waals surface area (Å²) < 4.78 is 57.8. The van der Waals surface area contributed by atoms with Crippen LogP contribution in [0.1, 0.15) is 45.7 Å². The van der Waals surface area contributed by atoms with Gasteiger partial charge in [-0.15, -0.1) is 0 Å². The Kier molecular flexibility index (Phi) is 8.20. The number of nitrogens with one attached hydrogen (secondary N) is 1. The van der Waals surface area contributed by atoms with Crippen molar-refractivity contribution in [1.82, 2.24) is 15.1 Å². The van der Waals surface area contributed by atoms with Crippen molar-refractivity contribution in [3.63, 3.8) is 0 Å². The number of nitriles is 1. The molecule has 0 bridgehead atoms. The molecule has 1 saturated carbocycles. The van der Waals surface area contributed by atoms with E-state index in [1.807, 2.05) is 6.07 Å². The maximum Gasteiger partial charge on any atom is 0.269 e. The molecule has 1 heterocycles. The lowest BCUT2D eigenvalue weighted by molar-refractivity contribution is -0.133. The Morgan fingerprint density at radius 2 is 1.84 bits per heavy atom. The van der Waals surface area contributed by atoms with Gasteiger partial charge < -0.3 is 5.32 Å². The van der Waals surface area contributed by atoms with Gasteiger partial charge in [0.15, 0.2) is 0 Å². The first kappa shape index (κ1) is 27.1. The van der Waals surface area contributed by atoms with Crippen molar-refractivity contribution in [3.05, 3.63) is 59.2 Å². The Labute approximate surface area is 216 Å². The first-order valence-electron chi connectivity index (χ1n) is 12.7. The highest BCUT2D eigenvalue weighted by Gasteiger charge is 2.49. The summed E-state index contributed by atoms with van der Waals surface area (Å²) in [6.45, 7) is 7.14. The standard InChI is InChI=1S/C28H32F4N4O.H2/c1-18(2)35-9-11-36(12-10-35)25-7-4-8-28(31,32)27(25)34-26(37)15-19-5-3-6-23(24(19)17-33)20-13-21(29)16-22(30)14-20;/h3,5-6,13-14,16,18,25,27H,4,7-12,15H2,1-2H3,(H,34,37);1H/t25-,27+;/m0./s1.